The van der Waals surface area contributed by atoms with Gasteiger partial charge in [0, 0.05) is 19.0 Å². The third kappa shape index (κ3) is 4.52. The third-order valence-corrected chi connectivity index (χ3v) is 4.75. The molecule has 0 aliphatic heterocycles. The number of nitro groups is 1. The highest BCUT2D eigenvalue weighted by atomic mass is 35.5. The Hall–Kier alpha value is -2.84. The Bertz CT molecular complexity index is 1110. The van der Waals surface area contributed by atoms with E-state index in [4.69, 9.17) is 32.4 Å². The molecule has 0 aliphatic carbocycles. The Morgan fingerprint density at radius 3 is 2.68 bits per heavy atom. The van der Waals surface area contributed by atoms with Crippen molar-refractivity contribution in [2.45, 2.75) is 26.0 Å². The molecule has 0 saturated carbocycles. The number of oxazole rings is 1. The molecule has 0 fully saturated rings. The van der Waals surface area contributed by atoms with E-state index in [1.54, 1.807) is 18.2 Å². The minimum Gasteiger partial charge on any atom is -0.461 e. The van der Waals surface area contributed by atoms with Crippen LogP contribution in [0.15, 0.2) is 45.6 Å². The lowest BCUT2D eigenvalue weighted by Gasteiger charge is -2.06. The van der Waals surface area contributed by atoms with Gasteiger partial charge in [-0.1, -0.05) is 29.3 Å². The molecule has 1 heterocycles. The van der Waals surface area contributed by atoms with Crippen LogP contribution >= 0.6 is 23.2 Å². The summed E-state index contributed by atoms with van der Waals surface area (Å²) in [5.41, 5.74) is 1.10. The average Bonchev–Trinajstić information content (AvgIpc) is 2.97. The van der Waals surface area contributed by atoms with Crippen LogP contribution in [0, 0.1) is 10.1 Å². The SMILES string of the molecule is O=C(CCCn1c(=O)oc2cc([N+](=O)[O-])ccc21)OCc1ccc(Cl)c(Cl)c1. The topological polar surface area (TPSA) is 105 Å². The van der Waals surface area contributed by atoms with E-state index < -0.39 is 16.6 Å². The molecular formula is C18H14Cl2N2O6. The van der Waals surface area contributed by atoms with Gasteiger partial charge in [0.2, 0.25) is 0 Å². The number of benzene rings is 2. The monoisotopic (exact) mass is 424 g/mol. The van der Waals surface area contributed by atoms with Gasteiger partial charge in [0.15, 0.2) is 5.58 Å². The molecular weight excluding hydrogens is 411 g/mol. The van der Waals surface area contributed by atoms with Crippen molar-refractivity contribution in [2.24, 2.45) is 0 Å². The summed E-state index contributed by atoms with van der Waals surface area (Å²) >= 11 is 11.7. The van der Waals surface area contributed by atoms with Gasteiger partial charge in [0.1, 0.15) is 6.61 Å². The van der Waals surface area contributed by atoms with Crippen molar-refractivity contribution in [2.75, 3.05) is 0 Å². The molecule has 28 heavy (non-hydrogen) atoms. The van der Waals surface area contributed by atoms with Crippen molar-refractivity contribution in [3.8, 4) is 0 Å². The molecule has 2 aromatic carbocycles. The molecule has 0 saturated heterocycles. The number of hydrogen-bond acceptors (Lipinski definition) is 6. The van der Waals surface area contributed by atoms with Gasteiger partial charge in [-0.2, -0.15) is 0 Å². The van der Waals surface area contributed by atoms with Crippen molar-refractivity contribution in [1.29, 1.82) is 0 Å². The number of rotatable bonds is 7. The minimum atomic E-state index is -0.639. The van der Waals surface area contributed by atoms with Crippen LogP contribution < -0.4 is 5.76 Å². The molecule has 0 spiro atoms. The fraction of sp³-hybridized carbons (Fsp3) is 0.222. The summed E-state index contributed by atoms with van der Waals surface area (Å²) in [6, 6.07) is 8.87. The number of nitro benzene ring substituents is 1. The number of hydrogen-bond donors (Lipinski definition) is 0. The number of aryl methyl sites for hydroxylation is 1. The number of carbonyl (C=O) groups excluding carboxylic acids is 1. The van der Waals surface area contributed by atoms with Crippen molar-refractivity contribution < 1.29 is 18.9 Å². The largest absolute Gasteiger partial charge is 0.461 e. The average molecular weight is 425 g/mol. The molecule has 0 radical (unpaired) electrons. The van der Waals surface area contributed by atoms with Crippen molar-refractivity contribution in [3.05, 3.63) is 72.7 Å². The van der Waals surface area contributed by atoms with Crippen molar-refractivity contribution >= 4 is 46.0 Å². The van der Waals surface area contributed by atoms with E-state index >= 15 is 0 Å². The number of fused-ring (bicyclic) bond motifs is 1. The summed E-state index contributed by atoms with van der Waals surface area (Å²) in [6.45, 7) is 0.277. The zero-order valence-corrected chi connectivity index (χ0v) is 15.9. The van der Waals surface area contributed by atoms with Gasteiger partial charge in [-0.05, 0) is 30.2 Å². The first kappa shape index (κ1) is 19.9. The van der Waals surface area contributed by atoms with Gasteiger partial charge in [-0.25, -0.2) is 4.79 Å². The number of halogens is 2. The fourth-order valence-electron chi connectivity index (χ4n) is 2.63. The maximum absolute atomic E-state index is 12.0. The number of carbonyl (C=O) groups is 1. The van der Waals surface area contributed by atoms with E-state index in [9.17, 15) is 19.7 Å². The summed E-state index contributed by atoms with van der Waals surface area (Å²) in [6.07, 6.45) is 0.430. The molecule has 146 valence electrons. The van der Waals surface area contributed by atoms with Gasteiger partial charge in [0.25, 0.3) is 5.69 Å². The van der Waals surface area contributed by atoms with Crippen LogP contribution in [0.5, 0.6) is 0 Å². The van der Waals surface area contributed by atoms with Crippen LogP contribution in [0.2, 0.25) is 10.0 Å². The quantitative estimate of drug-likeness (QED) is 0.317. The van der Waals surface area contributed by atoms with Crippen molar-refractivity contribution in [3.63, 3.8) is 0 Å². The molecule has 0 N–H and O–H groups in total. The number of ether oxygens (including phenoxy) is 1. The number of aromatic nitrogens is 1. The van der Waals surface area contributed by atoms with E-state index in [-0.39, 0.29) is 30.8 Å². The molecule has 3 rings (SSSR count). The van der Waals surface area contributed by atoms with Gasteiger partial charge in [-0.3, -0.25) is 19.5 Å². The van der Waals surface area contributed by atoms with Gasteiger partial charge >= 0.3 is 11.7 Å². The van der Waals surface area contributed by atoms with Crippen LogP contribution in [0.4, 0.5) is 5.69 Å². The highest BCUT2D eigenvalue weighted by molar-refractivity contribution is 6.42. The molecule has 0 amide bonds. The Morgan fingerprint density at radius 2 is 1.96 bits per heavy atom. The predicted molar refractivity (Wildman–Crippen MR) is 103 cm³/mol. The van der Waals surface area contributed by atoms with E-state index in [1.165, 1.54) is 22.8 Å². The first-order chi connectivity index (χ1) is 13.3. The van der Waals surface area contributed by atoms with Crippen molar-refractivity contribution in [1.82, 2.24) is 4.57 Å². The van der Waals surface area contributed by atoms with Gasteiger partial charge in [-0.15, -0.1) is 0 Å². The normalized spacial score (nSPS) is 10.9. The molecule has 0 bridgehead atoms. The summed E-state index contributed by atoms with van der Waals surface area (Å²) in [4.78, 5) is 34.1. The lowest BCUT2D eigenvalue weighted by Crippen LogP contribution is -2.15. The molecule has 3 aromatic rings. The van der Waals surface area contributed by atoms with Crippen LogP contribution in [0.1, 0.15) is 18.4 Å². The fourth-order valence-corrected chi connectivity index (χ4v) is 2.95. The predicted octanol–water partition coefficient (Wildman–Crippen LogP) is 4.33. The highest BCUT2D eigenvalue weighted by Gasteiger charge is 2.14. The smallest absolute Gasteiger partial charge is 0.419 e. The van der Waals surface area contributed by atoms with E-state index in [1.807, 2.05) is 0 Å². The number of non-ortho nitro benzene ring substituents is 1. The molecule has 0 atom stereocenters. The van der Waals surface area contributed by atoms with Crippen LogP contribution in [0.3, 0.4) is 0 Å². The highest BCUT2D eigenvalue weighted by Crippen LogP contribution is 2.23. The maximum Gasteiger partial charge on any atom is 0.419 e. The molecule has 8 nitrogen and oxygen atoms in total. The van der Waals surface area contributed by atoms with Gasteiger partial charge < -0.3 is 9.15 Å². The number of esters is 1. The summed E-state index contributed by atoms with van der Waals surface area (Å²) in [7, 11) is 0. The zero-order valence-electron chi connectivity index (χ0n) is 14.4. The number of nitrogens with zero attached hydrogens (tertiary/aromatic N) is 2. The van der Waals surface area contributed by atoms with Crippen LogP contribution in [0.25, 0.3) is 11.1 Å². The van der Waals surface area contributed by atoms with Crippen LogP contribution in [-0.4, -0.2) is 15.5 Å². The van der Waals surface area contributed by atoms with Crippen LogP contribution in [-0.2, 0) is 22.7 Å². The third-order valence-electron chi connectivity index (χ3n) is 4.01. The minimum absolute atomic E-state index is 0.0635. The molecule has 0 aliphatic rings. The van der Waals surface area contributed by atoms with E-state index in [0.717, 1.165) is 0 Å². The maximum atomic E-state index is 12.0. The van der Waals surface area contributed by atoms with Gasteiger partial charge in [0.05, 0.1) is 26.6 Å². The lowest BCUT2D eigenvalue weighted by atomic mass is 10.2. The second-order valence-electron chi connectivity index (χ2n) is 5.94. The summed E-state index contributed by atoms with van der Waals surface area (Å²) in [5.74, 6) is -1.07. The zero-order chi connectivity index (χ0) is 20.3. The first-order valence-corrected chi connectivity index (χ1v) is 8.98. The molecule has 10 heteroatoms. The molecule has 1 aromatic heterocycles. The summed E-state index contributed by atoms with van der Waals surface area (Å²) < 4.78 is 11.5. The van der Waals surface area contributed by atoms with E-state index in [2.05, 4.69) is 0 Å². The Labute approximate surface area is 168 Å². The Balaban J connectivity index is 1.56. The lowest BCUT2D eigenvalue weighted by molar-refractivity contribution is -0.384. The first-order valence-electron chi connectivity index (χ1n) is 8.22. The van der Waals surface area contributed by atoms with E-state index in [0.29, 0.717) is 27.5 Å². The second kappa shape index (κ2) is 8.45. The Morgan fingerprint density at radius 1 is 1.18 bits per heavy atom. The second-order valence-corrected chi connectivity index (χ2v) is 6.76. The molecule has 0 unspecified atom stereocenters. The Kier molecular flexibility index (Phi) is 6.01. The summed E-state index contributed by atoms with van der Waals surface area (Å²) in [5, 5.41) is 11.6. The standard InChI is InChI=1S/C18H14Cl2N2O6/c19-13-5-3-11(8-14(13)20)10-27-17(23)2-1-7-21-15-6-4-12(22(25)26)9-16(15)28-18(21)24/h3-6,8-9H,1-2,7,10H2.